The van der Waals surface area contributed by atoms with Gasteiger partial charge in [-0.2, -0.15) is 0 Å². The molecule has 0 N–H and O–H groups in total. The molecular weight excluding hydrogens is 150 g/mol. The van der Waals surface area contributed by atoms with Crippen LogP contribution in [-0.2, 0) is 4.74 Å². The maximum absolute atomic E-state index is 5.36. The minimum Gasteiger partial charge on any atom is -0.380 e. The molecule has 2 nitrogen and oxygen atoms in total. The molecule has 2 aliphatic rings. The lowest BCUT2D eigenvalue weighted by Gasteiger charge is -2.27. The van der Waals surface area contributed by atoms with Crippen molar-refractivity contribution in [2.45, 2.75) is 32.9 Å². The first kappa shape index (κ1) is 10.0. The molecule has 0 aromatic carbocycles. The highest BCUT2D eigenvalue weighted by atomic mass is 16.5. The van der Waals surface area contributed by atoms with Gasteiger partial charge < -0.3 is 9.64 Å². The van der Waals surface area contributed by atoms with Crippen LogP contribution < -0.4 is 0 Å². The maximum atomic E-state index is 5.36. The van der Waals surface area contributed by atoms with Crippen LogP contribution in [0.5, 0.6) is 0 Å². The lowest BCUT2D eigenvalue weighted by atomic mass is 10.1. The molecule has 4 atom stereocenters. The SMILES string of the molecule is C.CO[C@@H](C)[C@@H]1[C@H]2C[C@H]2CN1C. The molecule has 2 rings (SSSR count). The first-order chi connectivity index (χ1) is 5.24. The van der Waals surface area contributed by atoms with Gasteiger partial charge in [-0.15, -0.1) is 0 Å². The second kappa shape index (κ2) is 3.35. The molecule has 0 bridgehead atoms. The number of hydrogen-bond acceptors (Lipinski definition) is 2. The van der Waals surface area contributed by atoms with Crippen LogP contribution >= 0.6 is 0 Å². The van der Waals surface area contributed by atoms with Crippen molar-refractivity contribution < 1.29 is 4.74 Å². The highest BCUT2D eigenvalue weighted by Gasteiger charge is 2.52. The Balaban J connectivity index is 0.000000720. The van der Waals surface area contributed by atoms with Gasteiger partial charge >= 0.3 is 0 Å². The van der Waals surface area contributed by atoms with Crippen LogP contribution in [0.4, 0.5) is 0 Å². The smallest absolute Gasteiger partial charge is 0.0701 e. The van der Waals surface area contributed by atoms with Crippen LogP contribution in [0.1, 0.15) is 20.8 Å². The van der Waals surface area contributed by atoms with Gasteiger partial charge in [0.1, 0.15) is 0 Å². The molecule has 0 amide bonds. The van der Waals surface area contributed by atoms with Crippen molar-refractivity contribution in [3.63, 3.8) is 0 Å². The monoisotopic (exact) mass is 171 g/mol. The average molecular weight is 171 g/mol. The number of hydrogen-bond donors (Lipinski definition) is 0. The molecule has 1 heterocycles. The fraction of sp³-hybridized carbons (Fsp3) is 1.00. The fourth-order valence-electron chi connectivity index (χ4n) is 2.56. The third-order valence-corrected chi connectivity index (χ3v) is 3.30. The van der Waals surface area contributed by atoms with E-state index in [4.69, 9.17) is 4.74 Å². The summed E-state index contributed by atoms with van der Waals surface area (Å²) >= 11 is 0. The zero-order chi connectivity index (χ0) is 8.01. The van der Waals surface area contributed by atoms with E-state index in [1.807, 2.05) is 7.11 Å². The lowest BCUT2D eigenvalue weighted by molar-refractivity contribution is 0.0415. The Bertz CT molecular complexity index is 158. The van der Waals surface area contributed by atoms with E-state index in [2.05, 4.69) is 18.9 Å². The minimum absolute atomic E-state index is 0. The van der Waals surface area contributed by atoms with Gasteiger partial charge in [0.2, 0.25) is 0 Å². The van der Waals surface area contributed by atoms with Gasteiger partial charge in [0.25, 0.3) is 0 Å². The summed E-state index contributed by atoms with van der Waals surface area (Å²) < 4.78 is 5.36. The predicted octanol–water partition coefficient (Wildman–Crippen LogP) is 1.61. The number of rotatable bonds is 2. The molecule has 1 saturated carbocycles. The average Bonchev–Trinajstić information content (AvgIpc) is 2.63. The zero-order valence-electron chi connectivity index (χ0n) is 7.58. The first-order valence-electron chi connectivity index (χ1n) is 4.47. The van der Waals surface area contributed by atoms with E-state index in [0.717, 1.165) is 11.8 Å². The normalized spacial score (nSPS) is 41.8. The first-order valence-corrected chi connectivity index (χ1v) is 4.47. The van der Waals surface area contributed by atoms with Gasteiger partial charge in [0, 0.05) is 19.7 Å². The molecule has 72 valence electrons. The number of nitrogens with zero attached hydrogens (tertiary/aromatic N) is 1. The summed E-state index contributed by atoms with van der Waals surface area (Å²) in [6.45, 7) is 3.48. The van der Waals surface area contributed by atoms with E-state index in [1.165, 1.54) is 13.0 Å². The maximum Gasteiger partial charge on any atom is 0.0701 e. The van der Waals surface area contributed by atoms with Gasteiger partial charge in [-0.25, -0.2) is 0 Å². The standard InChI is InChI=1S/C9H17NO.CH4/c1-6(11-3)9-8-4-7(8)5-10(9)2;/h6-9H,4-5H2,1-3H3;1H4/t6-,7-,8-,9+;/m0./s1. The van der Waals surface area contributed by atoms with Crippen LogP contribution in [-0.4, -0.2) is 37.7 Å². The Morgan fingerprint density at radius 2 is 2.17 bits per heavy atom. The van der Waals surface area contributed by atoms with E-state index in [9.17, 15) is 0 Å². The van der Waals surface area contributed by atoms with Crippen molar-refractivity contribution in [3.8, 4) is 0 Å². The highest BCUT2D eigenvalue weighted by Crippen LogP contribution is 2.50. The summed E-state index contributed by atoms with van der Waals surface area (Å²) in [6, 6.07) is 0.699. The molecular formula is C10H21NO. The van der Waals surface area contributed by atoms with Crippen molar-refractivity contribution in [1.82, 2.24) is 4.90 Å². The molecule has 0 aromatic heterocycles. The van der Waals surface area contributed by atoms with E-state index in [1.54, 1.807) is 0 Å². The second-order valence-electron chi connectivity index (χ2n) is 4.03. The summed E-state index contributed by atoms with van der Waals surface area (Å²) in [7, 11) is 4.03. The third-order valence-electron chi connectivity index (χ3n) is 3.30. The quantitative estimate of drug-likeness (QED) is 0.626. The number of piperidine rings is 1. The van der Waals surface area contributed by atoms with Gasteiger partial charge in [-0.3, -0.25) is 0 Å². The van der Waals surface area contributed by atoms with Crippen LogP contribution in [0.25, 0.3) is 0 Å². The largest absolute Gasteiger partial charge is 0.380 e. The van der Waals surface area contributed by atoms with Crippen LogP contribution in [0, 0.1) is 11.8 Å². The van der Waals surface area contributed by atoms with Crippen molar-refractivity contribution in [2.24, 2.45) is 11.8 Å². The number of fused-ring (bicyclic) bond motifs is 1. The van der Waals surface area contributed by atoms with Crippen LogP contribution in [0.2, 0.25) is 0 Å². The van der Waals surface area contributed by atoms with Gasteiger partial charge in [0.05, 0.1) is 6.10 Å². The van der Waals surface area contributed by atoms with Crippen molar-refractivity contribution in [2.75, 3.05) is 20.7 Å². The third kappa shape index (κ3) is 1.38. The number of likely N-dealkylation sites (N-methyl/N-ethyl adjacent to an activating group) is 1. The Morgan fingerprint density at radius 3 is 2.58 bits per heavy atom. The highest BCUT2D eigenvalue weighted by molar-refractivity contribution is 5.05. The van der Waals surface area contributed by atoms with Gasteiger partial charge in [0.15, 0.2) is 0 Å². The van der Waals surface area contributed by atoms with Crippen LogP contribution in [0.3, 0.4) is 0 Å². The molecule has 12 heavy (non-hydrogen) atoms. The van der Waals surface area contributed by atoms with Crippen molar-refractivity contribution >= 4 is 0 Å². The molecule has 0 aromatic rings. The second-order valence-corrected chi connectivity index (χ2v) is 4.03. The van der Waals surface area contributed by atoms with Crippen molar-refractivity contribution in [1.29, 1.82) is 0 Å². The molecule has 0 spiro atoms. The number of methoxy groups -OCH3 is 1. The molecule has 1 saturated heterocycles. The van der Waals surface area contributed by atoms with E-state index in [-0.39, 0.29) is 7.43 Å². The lowest BCUT2D eigenvalue weighted by Crippen LogP contribution is -2.38. The summed E-state index contributed by atoms with van der Waals surface area (Å²) in [4.78, 5) is 2.45. The van der Waals surface area contributed by atoms with Crippen molar-refractivity contribution in [3.05, 3.63) is 0 Å². The Morgan fingerprint density at radius 1 is 1.50 bits per heavy atom. The summed E-state index contributed by atoms with van der Waals surface area (Å²) in [5.41, 5.74) is 0. The Hall–Kier alpha value is -0.0800. The Labute approximate surface area is 75.9 Å². The molecule has 1 aliphatic carbocycles. The minimum atomic E-state index is 0. The summed E-state index contributed by atoms with van der Waals surface area (Å²) in [5.74, 6) is 1.96. The van der Waals surface area contributed by atoms with E-state index < -0.39 is 0 Å². The zero-order valence-corrected chi connectivity index (χ0v) is 7.58. The molecule has 2 heteroatoms. The van der Waals surface area contributed by atoms with E-state index >= 15 is 0 Å². The van der Waals surface area contributed by atoms with Gasteiger partial charge in [-0.1, -0.05) is 7.43 Å². The van der Waals surface area contributed by atoms with Gasteiger partial charge in [-0.05, 0) is 32.2 Å². The topological polar surface area (TPSA) is 12.5 Å². The summed E-state index contributed by atoms with van der Waals surface area (Å²) in [6.07, 6.45) is 1.86. The fourth-order valence-corrected chi connectivity index (χ4v) is 2.56. The molecule has 1 aliphatic heterocycles. The predicted molar refractivity (Wildman–Crippen MR) is 51.2 cm³/mol. The number of likely N-dealkylation sites (tertiary alicyclic amines) is 1. The summed E-state index contributed by atoms with van der Waals surface area (Å²) in [5, 5.41) is 0. The van der Waals surface area contributed by atoms with Crippen LogP contribution in [0.15, 0.2) is 0 Å². The molecule has 0 unspecified atom stereocenters. The number of ether oxygens (including phenoxy) is 1. The molecule has 2 fully saturated rings. The Kier molecular flexibility index (Phi) is 2.79. The molecule has 0 radical (unpaired) electrons. The van der Waals surface area contributed by atoms with E-state index in [0.29, 0.717) is 12.1 Å².